The van der Waals surface area contributed by atoms with Crippen molar-refractivity contribution in [3.8, 4) is 22.6 Å². The normalized spacial score (nSPS) is 15.6. The average Bonchev–Trinajstić information content (AvgIpc) is 3.34. The minimum Gasteiger partial charge on any atom is -0.457 e. The number of ether oxygens (including phenoxy) is 1. The number of nitrogens with zero attached hydrogens (tertiary/aromatic N) is 3. The van der Waals surface area contributed by atoms with Crippen LogP contribution in [0.4, 0.5) is 0 Å². The standard InChI is InChI=1S/C27H23N3O2/c1-2-26(31)30-13-12-20(17-30)25-15-21(14-22-16-28-18-29-27(22)25)19-8-10-24(11-9-19)32-23-6-4-3-5-7-23/h2-11,14-16,18,20H,1,12-13,17H2. The van der Waals surface area contributed by atoms with E-state index in [0.29, 0.717) is 6.54 Å². The third-order valence-electron chi connectivity index (χ3n) is 5.92. The molecule has 5 heteroatoms. The Bertz CT molecular complexity index is 1270. The van der Waals surface area contributed by atoms with Gasteiger partial charge in [-0.05, 0) is 65.6 Å². The van der Waals surface area contributed by atoms with Crippen LogP contribution >= 0.6 is 0 Å². The fourth-order valence-corrected chi connectivity index (χ4v) is 4.29. The van der Waals surface area contributed by atoms with E-state index in [1.165, 1.54) is 6.08 Å². The number of rotatable bonds is 5. The van der Waals surface area contributed by atoms with Crippen molar-refractivity contribution < 1.29 is 9.53 Å². The molecule has 0 saturated carbocycles. The molecule has 1 aliphatic rings. The molecule has 5 nitrogen and oxygen atoms in total. The molecular weight excluding hydrogens is 398 g/mol. The second kappa shape index (κ2) is 8.63. The molecule has 0 N–H and O–H groups in total. The molecule has 1 aliphatic heterocycles. The molecule has 2 heterocycles. The number of benzene rings is 3. The number of likely N-dealkylation sites (tertiary alicyclic amines) is 1. The van der Waals surface area contributed by atoms with E-state index in [4.69, 9.17) is 4.74 Å². The first-order valence-corrected chi connectivity index (χ1v) is 10.7. The van der Waals surface area contributed by atoms with E-state index in [1.807, 2.05) is 53.6 Å². The fraction of sp³-hybridized carbons (Fsp3) is 0.148. The third kappa shape index (κ3) is 3.97. The van der Waals surface area contributed by atoms with Crippen LogP contribution in [0.5, 0.6) is 11.5 Å². The summed E-state index contributed by atoms with van der Waals surface area (Å²) in [5, 5.41) is 0.998. The van der Waals surface area contributed by atoms with Crippen LogP contribution in [0, 0.1) is 0 Å². The molecule has 0 radical (unpaired) electrons. The van der Waals surface area contributed by atoms with Crippen LogP contribution in [0.25, 0.3) is 22.0 Å². The number of aromatic nitrogens is 2. The van der Waals surface area contributed by atoms with Crippen molar-refractivity contribution in [2.45, 2.75) is 12.3 Å². The molecule has 158 valence electrons. The zero-order valence-corrected chi connectivity index (χ0v) is 17.6. The molecule has 0 bridgehead atoms. The molecule has 0 spiro atoms. The number of para-hydroxylation sites is 1. The van der Waals surface area contributed by atoms with Crippen molar-refractivity contribution in [2.24, 2.45) is 0 Å². The summed E-state index contributed by atoms with van der Waals surface area (Å²) in [6.45, 7) is 5.03. The number of carbonyl (C=O) groups excluding carboxylic acids is 1. The van der Waals surface area contributed by atoms with E-state index in [2.05, 4.69) is 40.8 Å². The summed E-state index contributed by atoms with van der Waals surface area (Å²) in [5.41, 5.74) is 4.30. The zero-order chi connectivity index (χ0) is 21.9. The van der Waals surface area contributed by atoms with Gasteiger partial charge in [-0.3, -0.25) is 4.79 Å². The highest BCUT2D eigenvalue weighted by molar-refractivity contribution is 5.89. The van der Waals surface area contributed by atoms with Gasteiger partial charge in [0.25, 0.3) is 0 Å². The van der Waals surface area contributed by atoms with Gasteiger partial charge in [0.05, 0.1) is 5.52 Å². The van der Waals surface area contributed by atoms with Crippen molar-refractivity contribution in [1.29, 1.82) is 0 Å². The first-order valence-electron chi connectivity index (χ1n) is 10.7. The molecule has 0 aliphatic carbocycles. The SMILES string of the molecule is C=CC(=O)N1CCC(c2cc(-c3ccc(Oc4ccccc4)cc3)cc3cncnc23)C1. The van der Waals surface area contributed by atoms with Crippen LogP contribution in [0.2, 0.25) is 0 Å². The van der Waals surface area contributed by atoms with Gasteiger partial charge < -0.3 is 9.64 Å². The number of hydrogen-bond donors (Lipinski definition) is 0. The van der Waals surface area contributed by atoms with Crippen molar-refractivity contribution in [1.82, 2.24) is 14.9 Å². The van der Waals surface area contributed by atoms with E-state index >= 15 is 0 Å². The highest BCUT2D eigenvalue weighted by Crippen LogP contribution is 2.36. The van der Waals surface area contributed by atoms with Crippen LogP contribution in [0.1, 0.15) is 17.9 Å². The number of amides is 1. The van der Waals surface area contributed by atoms with Gasteiger partial charge in [0, 0.05) is 30.6 Å². The van der Waals surface area contributed by atoms with Gasteiger partial charge in [-0.15, -0.1) is 0 Å². The van der Waals surface area contributed by atoms with Crippen molar-refractivity contribution >= 4 is 16.8 Å². The van der Waals surface area contributed by atoms with Crippen molar-refractivity contribution in [3.63, 3.8) is 0 Å². The van der Waals surface area contributed by atoms with E-state index in [1.54, 1.807) is 6.33 Å². The Morgan fingerprint density at radius 2 is 1.81 bits per heavy atom. The van der Waals surface area contributed by atoms with Gasteiger partial charge in [-0.2, -0.15) is 0 Å². The maximum Gasteiger partial charge on any atom is 0.245 e. The summed E-state index contributed by atoms with van der Waals surface area (Å²) in [7, 11) is 0. The van der Waals surface area contributed by atoms with Crippen LogP contribution < -0.4 is 4.74 Å². The van der Waals surface area contributed by atoms with Gasteiger partial charge >= 0.3 is 0 Å². The van der Waals surface area contributed by atoms with Gasteiger partial charge in [0.2, 0.25) is 5.91 Å². The Kier molecular flexibility index (Phi) is 5.38. The maximum atomic E-state index is 12.1. The molecule has 1 saturated heterocycles. The summed E-state index contributed by atoms with van der Waals surface area (Å²) in [6, 6.07) is 22.2. The second-order valence-electron chi connectivity index (χ2n) is 7.94. The summed E-state index contributed by atoms with van der Waals surface area (Å²) in [4.78, 5) is 22.7. The molecule has 1 amide bonds. The van der Waals surface area contributed by atoms with Gasteiger partial charge in [-0.1, -0.05) is 36.9 Å². The minimum atomic E-state index is -0.0170. The number of hydrogen-bond acceptors (Lipinski definition) is 4. The van der Waals surface area contributed by atoms with Gasteiger partial charge in [0.1, 0.15) is 17.8 Å². The molecule has 1 aromatic heterocycles. The predicted molar refractivity (Wildman–Crippen MR) is 126 cm³/mol. The molecule has 5 rings (SSSR count). The molecule has 3 aromatic carbocycles. The minimum absolute atomic E-state index is 0.0170. The molecule has 1 unspecified atom stereocenters. The summed E-state index contributed by atoms with van der Waals surface area (Å²) < 4.78 is 5.92. The summed E-state index contributed by atoms with van der Waals surface area (Å²) in [5.74, 6) is 1.82. The molecular formula is C27H23N3O2. The first kappa shape index (κ1) is 19.9. The molecule has 1 fully saturated rings. The Balaban J connectivity index is 1.47. The zero-order valence-electron chi connectivity index (χ0n) is 17.6. The topological polar surface area (TPSA) is 55.3 Å². The van der Waals surface area contributed by atoms with E-state index in [0.717, 1.165) is 52.1 Å². The highest BCUT2D eigenvalue weighted by Gasteiger charge is 2.28. The van der Waals surface area contributed by atoms with E-state index < -0.39 is 0 Å². The average molecular weight is 422 g/mol. The van der Waals surface area contributed by atoms with Crippen molar-refractivity contribution in [3.05, 3.63) is 97.5 Å². The highest BCUT2D eigenvalue weighted by atomic mass is 16.5. The lowest BCUT2D eigenvalue weighted by Gasteiger charge is -2.17. The van der Waals surface area contributed by atoms with Crippen LogP contribution in [-0.4, -0.2) is 33.9 Å². The quantitative estimate of drug-likeness (QED) is 0.394. The summed E-state index contributed by atoms with van der Waals surface area (Å²) in [6.07, 6.45) is 5.73. The van der Waals surface area contributed by atoms with E-state index in [-0.39, 0.29) is 11.8 Å². The summed E-state index contributed by atoms with van der Waals surface area (Å²) >= 11 is 0. The largest absolute Gasteiger partial charge is 0.457 e. The predicted octanol–water partition coefficient (Wildman–Crippen LogP) is 5.59. The lowest BCUT2D eigenvalue weighted by atomic mass is 9.92. The van der Waals surface area contributed by atoms with Crippen LogP contribution in [-0.2, 0) is 4.79 Å². The fourth-order valence-electron chi connectivity index (χ4n) is 4.29. The Morgan fingerprint density at radius 1 is 1.03 bits per heavy atom. The third-order valence-corrected chi connectivity index (χ3v) is 5.92. The first-order chi connectivity index (χ1) is 15.7. The lowest BCUT2D eigenvalue weighted by Crippen LogP contribution is -2.26. The smallest absolute Gasteiger partial charge is 0.245 e. The second-order valence-corrected chi connectivity index (χ2v) is 7.94. The molecule has 32 heavy (non-hydrogen) atoms. The van der Waals surface area contributed by atoms with Gasteiger partial charge in [0.15, 0.2) is 0 Å². The van der Waals surface area contributed by atoms with Gasteiger partial charge in [-0.25, -0.2) is 9.97 Å². The van der Waals surface area contributed by atoms with Crippen LogP contribution in [0.15, 0.2) is 91.9 Å². The molecule has 1 atom stereocenters. The number of carbonyl (C=O) groups is 1. The Hall–Kier alpha value is -3.99. The Morgan fingerprint density at radius 3 is 2.59 bits per heavy atom. The number of fused-ring (bicyclic) bond motifs is 1. The maximum absolute atomic E-state index is 12.1. The van der Waals surface area contributed by atoms with Crippen molar-refractivity contribution in [2.75, 3.05) is 13.1 Å². The Labute approximate surface area is 187 Å². The lowest BCUT2D eigenvalue weighted by molar-refractivity contribution is -0.125. The molecule has 4 aromatic rings. The van der Waals surface area contributed by atoms with Crippen LogP contribution in [0.3, 0.4) is 0 Å². The van der Waals surface area contributed by atoms with E-state index in [9.17, 15) is 4.79 Å². The monoisotopic (exact) mass is 421 g/mol.